The number of carbonyl (C=O) groups excluding carboxylic acids is 1. The third-order valence-electron chi connectivity index (χ3n) is 4.15. The van der Waals surface area contributed by atoms with Crippen molar-refractivity contribution in [2.75, 3.05) is 26.4 Å². The number of ether oxygens (including phenoxy) is 4. The van der Waals surface area contributed by atoms with Crippen LogP contribution in [0.2, 0.25) is 0 Å². The minimum absolute atomic E-state index is 0.226. The van der Waals surface area contributed by atoms with E-state index in [0.717, 1.165) is 0 Å². The number of fused-ring (bicyclic) bond motifs is 2. The molecule has 0 spiro atoms. The van der Waals surface area contributed by atoms with E-state index in [1.54, 1.807) is 18.2 Å². The SMILES string of the molecule is O=C(N[C@@H]1CO[C@H]2[C@@H]1OC[C@H]2O)c1ccc2c(c1)OCCO2. The summed E-state index contributed by atoms with van der Waals surface area (Å²) in [5.74, 6) is 0.998. The molecule has 0 bridgehead atoms. The Balaban J connectivity index is 1.46. The number of rotatable bonds is 2. The fourth-order valence-corrected chi connectivity index (χ4v) is 3.04. The number of amides is 1. The molecule has 1 amide bonds. The van der Waals surface area contributed by atoms with Gasteiger partial charge in [0, 0.05) is 5.56 Å². The van der Waals surface area contributed by atoms with Gasteiger partial charge in [0.1, 0.15) is 31.5 Å². The van der Waals surface area contributed by atoms with Crippen molar-refractivity contribution in [3.63, 3.8) is 0 Å². The topological polar surface area (TPSA) is 86.3 Å². The minimum Gasteiger partial charge on any atom is -0.486 e. The first-order chi connectivity index (χ1) is 10.7. The van der Waals surface area contributed by atoms with Crippen LogP contribution in [0.25, 0.3) is 0 Å². The molecule has 0 aromatic heterocycles. The van der Waals surface area contributed by atoms with Crippen LogP contribution in [-0.2, 0) is 9.47 Å². The number of aliphatic hydroxyl groups excluding tert-OH is 1. The van der Waals surface area contributed by atoms with Gasteiger partial charge in [0.25, 0.3) is 5.91 Å². The first-order valence-corrected chi connectivity index (χ1v) is 7.34. The lowest BCUT2D eigenvalue weighted by Gasteiger charge is -2.20. The number of nitrogens with one attached hydrogen (secondary N) is 1. The first-order valence-electron chi connectivity index (χ1n) is 7.34. The van der Waals surface area contributed by atoms with Gasteiger partial charge in [-0.1, -0.05) is 0 Å². The van der Waals surface area contributed by atoms with E-state index >= 15 is 0 Å². The van der Waals surface area contributed by atoms with Crippen LogP contribution in [0, 0.1) is 0 Å². The predicted octanol–water partition coefficient (Wildman–Crippen LogP) is -0.285. The molecule has 2 fully saturated rings. The van der Waals surface area contributed by atoms with Crippen LogP contribution >= 0.6 is 0 Å². The summed E-state index contributed by atoms with van der Waals surface area (Å²) in [5, 5.41) is 12.6. The molecule has 3 aliphatic heterocycles. The third kappa shape index (κ3) is 2.31. The Labute approximate surface area is 127 Å². The minimum atomic E-state index is -0.624. The summed E-state index contributed by atoms with van der Waals surface area (Å²) in [6.07, 6.45) is -1.28. The highest BCUT2D eigenvalue weighted by Gasteiger charge is 2.47. The maximum absolute atomic E-state index is 12.4. The Morgan fingerprint density at radius 1 is 1.09 bits per heavy atom. The van der Waals surface area contributed by atoms with Crippen LogP contribution < -0.4 is 14.8 Å². The van der Waals surface area contributed by atoms with Crippen molar-refractivity contribution in [3.05, 3.63) is 23.8 Å². The molecule has 2 saturated heterocycles. The second kappa shape index (κ2) is 5.42. The fourth-order valence-electron chi connectivity index (χ4n) is 3.04. The van der Waals surface area contributed by atoms with E-state index in [0.29, 0.717) is 36.9 Å². The summed E-state index contributed by atoms with van der Waals surface area (Å²) in [4.78, 5) is 12.4. The highest BCUT2D eigenvalue weighted by molar-refractivity contribution is 5.95. The Bertz CT molecular complexity index is 591. The lowest BCUT2D eigenvalue weighted by Crippen LogP contribution is -2.44. The quantitative estimate of drug-likeness (QED) is 0.781. The summed E-state index contributed by atoms with van der Waals surface area (Å²) in [7, 11) is 0. The molecule has 118 valence electrons. The second-order valence-corrected chi connectivity index (χ2v) is 5.60. The molecule has 1 aromatic carbocycles. The smallest absolute Gasteiger partial charge is 0.251 e. The Kier molecular flexibility index (Phi) is 3.40. The molecule has 3 aliphatic rings. The molecule has 2 N–H and O–H groups in total. The summed E-state index contributed by atoms with van der Waals surface area (Å²) in [5.41, 5.74) is 0.492. The van der Waals surface area contributed by atoms with Gasteiger partial charge in [-0.15, -0.1) is 0 Å². The molecule has 4 rings (SSSR count). The number of hydrogen-bond donors (Lipinski definition) is 2. The van der Waals surface area contributed by atoms with E-state index in [1.165, 1.54) is 0 Å². The Morgan fingerprint density at radius 3 is 2.73 bits per heavy atom. The van der Waals surface area contributed by atoms with E-state index in [2.05, 4.69) is 5.32 Å². The van der Waals surface area contributed by atoms with Gasteiger partial charge in [0.15, 0.2) is 11.5 Å². The summed E-state index contributed by atoms with van der Waals surface area (Å²) in [6.45, 7) is 1.57. The Morgan fingerprint density at radius 2 is 1.86 bits per heavy atom. The number of carbonyl (C=O) groups is 1. The fraction of sp³-hybridized carbons (Fsp3) is 0.533. The lowest BCUT2D eigenvalue weighted by atomic mass is 10.1. The zero-order valence-electron chi connectivity index (χ0n) is 11.9. The van der Waals surface area contributed by atoms with Gasteiger partial charge < -0.3 is 29.4 Å². The van der Waals surface area contributed by atoms with E-state index in [4.69, 9.17) is 18.9 Å². The first kappa shape index (κ1) is 13.8. The van der Waals surface area contributed by atoms with Crippen LogP contribution in [0.1, 0.15) is 10.4 Å². The third-order valence-corrected chi connectivity index (χ3v) is 4.15. The average molecular weight is 307 g/mol. The predicted molar refractivity (Wildman–Crippen MR) is 74.2 cm³/mol. The highest BCUT2D eigenvalue weighted by Crippen LogP contribution is 2.31. The molecule has 0 saturated carbocycles. The van der Waals surface area contributed by atoms with Gasteiger partial charge >= 0.3 is 0 Å². The molecule has 7 heteroatoms. The molecule has 0 unspecified atom stereocenters. The van der Waals surface area contributed by atoms with Crippen LogP contribution in [-0.4, -0.2) is 61.8 Å². The molecular weight excluding hydrogens is 290 g/mol. The molecule has 3 heterocycles. The average Bonchev–Trinajstić information content (AvgIpc) is 3.11. The largest absolute Gasteiger partial charge is 0.486 e. The summed E-state index contributed by atoms with van der Waals surface area (Å²) < 4.78 is 21.9. The van der Waals surface area contributed by atoms with E-state index in [1.807, 2.05) is 0 Å². The standard InChI is InChI=1S/C15H17NO6/c17-10-7-22-13-9(6-21-14(10)13)16-15(18)8-1-2-11-12(5-8)20-4-3-19-11/h1-2,5,9-10,13-14,17H,3-4,6-7H2,(H,16,18)/t9-,10-,13-,14-/m1/s1. The van der Waals surface area contributed by atoms with Crippen LogP contribution in [0.4, 0.5) is 0 Å². The van der Waals surface area contributed by atoms with Crippen molar-refractivity contribution >= 4 is 5.91 Å². The van der Waals surface area contributed by atoms with Gasteiger partial charge in [-0.25, -0.2) is 0 Å². The van der Waals surface area contributed by atoms with Crippen molar-refractivity contribution in [3.8, 4) is 11.5 Å². The Hall–Kier alpha value is -1.83. The van der Waals surface area contributed by atoms with Crippen molar-refractivity contribution in [1.82, 2.24) is 5.32 Å². The van der Waals surface area contributed by atoms with Gasteiger partial charge in [-0.2, -0.15) is 0 Å². The number of hydrogen-bond acceptors (Lipinski definition) is 6. The normalized spacial score (nSPS) is 32.6. The molecule has 4 atom stereocenters. The van der Waals surface area contributed by atoms with Gasteiger partial charge in [0.2, 0.25) is 0 Å². The molecule has 0 aliphatic carbocycles. The highest BCUT2D eigenvalue weighted by atomic mass is 16.6. The van der Waals surface area contributed by atoms with E-state index < -0.39 is 6.10 Å². The number of aliphatic hydroxyl groups is 1. The van der Waals surface area contributed by atoms with E-state index in [9.17, 15) is 9.90 Å². The number of benzene rings is 1. The van der Waals surface area contributed by atoms with Crippen molar-refractivity contribution in [1.29, 1.82) is 0 Å². The van der Waals surface area contributed by atoms with E-state index in [-0.39, 0.29) is 30.8 Å². The van der Waals surface area contributed by atoms with Crippen molar-refractivity contribution in [2.45, 2.75) is 24.4 Å². The second-order valence-electron chi connectivity index (χ2n) is 5.60. The maximum atomic E-state index is 12.4. The van der Waals surface area contributed by atoms with Gasteiger partial charge in [-0.3, -0.25) is 4.79 Å². The van der Waals surface area contributed by atoms with Crippen LogP contribution in [0.5, 0.6) is 11.5 Å². The monoisotopic (exact) mass is 307 g/mol. The molecule has 1 aromatic rings. The molecule has 0 radical (unpaired) electrons. The van der Waals surface area contributed by atoms with Crippen molar-refractivity contribution in [2.24, 2.45) is 0 Å². The van der Waals surface area contributed by atoms with Gasteiger partial charge in [-0.05, 0) is 18.2 Å². The summed E-state index contributed by atoms with van der Waals surface area (Å²) >= 11 is 0. The zero-order chi connectivity index (χ0) is 15.1. The van der Waals surface area contributed by atoms with Crippen LogP contribution in [0.15, 0.2) is 18.2 Å². The zero-order valence-corrected chi connectivity index (χ0v) is 11.9. The van der Waals surface area contributed by atoms with Crippen molar-refractivity contribution < 1.29 is 28.8 Å². The molecule has 22 heavy (non-hydrogen) atoms. The van der Waals surface area contributed by atoms with Gasteiger partial charge in [0.05, 0.1) is 19.3 Å². The summed E-state index contributed by atoms with van der Waals surface area (Å²) in [6, 6.07) is 4.83. The molecular formula is C15H17NO6. The van der Waals surface area contributed by atoms with Crippen LogP contribution in [0.3, 0.4) is 0 Å². The lowest BCUT2D eigenvalue weighted by molar-refractivity contribution is 0.0178. The molecule has 7 nitrogen and oxygen atoms in total. The maximum Gasteiger partial charge on any atom is 0.251 e.